The summed E-state index contributed by atoms with van der Waals surface area (Å²) in [5, 5.41) is 8.58. The van der Waals surface area contributed by atoms with Gasteiger partial charge in [-0.2, -0.15) is 0 Å². The van der Waals surface area contributed by atoms with E-state index in [0.29, 0.717) is 6.42 Å². The van der Waals surface area contributed by atoms with Crippen molar-refractivity contribution in [1.82, 2.24) is 0 Å². The number of phosphoric ester groups is 1. The van der Waals surface area contributed by atoms with E-state index in [4.69, 9.17) is 15.6 Å². The zero-order valence-electron chi connectivity index (χ0n) is 20.4. The third-order valence-corrected chi connectivity index (χ3v) is 6.30. The molecule has 0 fully saturated rings. The predicted octanol–water partition coefficient (Wildman–Crippen LogP) is 5.34. The Morgan fingerprint density at radius 3 is 1.70 bits per heavy atom. The number of carbonyl (C=O) groups is 2. The topological polar surface area (TPSA) is 145 Å². The molecule has 196 valence electrons. The quantitative estimate of drug-likeness (QED) is 0.0917. The summed E-state index contributed by atoms with van der Waals surface area (Å²) in [7, 11) is -4.43. The van der Waals surface area contributed by atoms with Gasteiger partial charge in [-0.3, -0.25) is 18.6 Å². The molecule has 1 unspecified atom stereocenters. The van der Waals surface area contributed by atoms with Crippen molar-refractivity contribution < 1.29 is 37.9 Å². The second-order valence-electron chi connectivity index (χ2n) is 8.46. The summed E-state index contributed by atoms with van der Waals surface area (Å²) in [6.45, 7) is 1.07. The summed E-state index contributed by atoms with van der Waals surface area (Å²) in [6, 6.07) is -1.43. The van der Waals surface area contributed by atoms with Crippen LogP contribution in [0.4, 0.5) is 0 Å². The molecule has 0 bridgehead atoms. The standard InChI is InChI=1S/C23H46NO8P/c1-2-3-4-5-6-7-8-9-10-11-12-13-14-15-16-17-22(25)30-18-19-31-33(28,29)32-20-21(24)23(26)27/h21H,2-20,24H2,1H3,(H,26,27)(H,28,29)/t21-/m0/s1. The number of ether oxygens (including phenoxy) is 1. The van der Waals surface area contributed by atoms with Crippen LogP contribution in [0.25, 0.3) is 0 Å². The largest absolute Gasteiger partial charge is 0.480 e. The van der Waals surface area contributed by atoms with E-state index >= 15 is 0 Å². The number of carboxylic acids is 1. The number of aliphatic carboxylic acids is 1. The van der Waals surface area contributed by atoms with Gasteiger partial charge in [0.1, 0.15) is 12.6 Å². The molecule has 0 aliphatic heterocycles. The van der Waals surface area contributed by atoms with Gasteiger partial charge < -0.3 is 20.5 Å². The molecule has 0 aromatic carbocycles. The Kier molecular flexibility index (Phi) is 20.9. The molecule has 0 aromatic heterocycles. The average molecular weight is 496 g/mol. The van der Waals surface area contributed by atoms with E-state index in [1.54, 1.807) is 0 Å². The molecule has 0 spiro atoms. The Hall–Kier alpha value is -0.990. The first kappa shape index (κ1) is 32.0. The minimum Gasteiger partial charge on any atom is -0.480 e. The highest BCUT2D eigenvalue weighted by atomic mass is 31.2. The number of carbonyl (C=O) groups excluding carboxylic acids is 1. The van der Waals surface area contributed by atoms with Crippen molar-refractivity contribution in [2.45, 2.75) is 116 Å². The van der Waals surface area contributed by atoms with Crippen molar-refractivity contribution in [3.05, 3.63) is 0 Å². The second-order valence-corrected chi connectivity index (χ2v) is 9.92. The zero-order chi connectivity index (χ0) is 24.8. The van der Waals surface area contributed by atoms with E-state index < -0.39 is 26.4 Å². The maximum Gasteiger partial charge on any atom is 0.472 e. The maximum atomic E-state index is 11.7. The van der Waals surface area contributed by atoms with E-state index in [-0.39, 0.29) is 19.2 Å². The van der Waals surface area contributed by atoms with E-state index in [0.717, 1.165) is 19.3 Å². The van der Waals surface area contributed by atoms with E-state index in [9.17, 15) is 19.0 Å². The molecule has 0 rings (SSSR count). The lowest BCUT2D eigenvalue weighted by atomic mass is 10.0. The molecule has 2 atom stereocenters. The van der Waals surface area contributed by atoms with Gasteiger partial charge in [0.2, 0.25) is 0 Å². The molecule has 0 aliphatic rings. The van der Waals surface area contributed by atoms with Gasteiger partial charge in [0.25, 0.3) is 0 Å². The normalized spacial score (nSPS) is 14.0. The van der Waals surface area contributed by atoms with Crippen LogP contribution in [0.3, 0.4) is 0 Å². The molecule has 9 nitrogen and oxygen atoms in total. The van der Waals surface area contributed by atoms with Crippen molar-refractivity contribution in [3.8, 4) is 0 Å². The van der Waals surface area contributed by atoms with Crippen LogP contribution in [0, 0.1) is 0 Å². The van der Waals surface area contributed by atoms with Gasteiger partial charge in [0, 0.05) is 6.42 Å². The number of rotatable bonds is 24. The smallest absolute Gasteiger partial charge is 0.472 e. The number of nitrogens with two attached hydrogens (primary N) is 1. The van der Waals surface area contributed by atoms with Crippen LogP contribution in [0.2, 0.25) is 0 Å². The molecular weight excluding hydrogens is 449 g/mol. The number of hydrogen-bond acceptors (Lipinski definition) is 7. The highest BCUT2D eigenvalue weighted by Gasteiger charge is 2.24. The summed E-state index contributed by atoms with van der Waals surface area (Å²) in [5.41, 5.74) is 5.17. The Bertz CT molecular complexity index is 547. The molecule has 0 saturated carbocycles. The number of carboxylic acid groups (broad SMARTS) is 1. The third kappa shape index (κ3) is 22.6. The first-order valence-electron chi connectivity index (χ1n) is 12.5. The Morgan fingerprint density at radius 2 is 1.24 bits per heavy atom. The molecular formula is C23H46NO8P. The second kappa shape index (κ2) is 21.5. The molecule has 33 heavy (non-hydrogen) atoms. The highest BCUT2D eigenvalue weighted by molar-refractivity contribution is 7.47. The minimum atomic E-state index is -4.43. The van der Waals surface area contributed by atoms with Crippen LogP contribution in [0.15, 0.2) is 0 Å². The first-order valence-corrected chi connectivity index (χ1v) is 14.0. The van der Waals surface area contributed by atoms with Crippen molar-refractivity contribution in [1.29, 1.82) is 0 Å². The Labute approximate surface area is 199 Å². The number of esters is 1. The summed E-state index contributed by atoms with van der Waals surface area (Å²) < 4.78 is 25.6. The number of hydrogen-bond donors (Lipinski definition) is 3. The van der Waals surface area contributed by atoms with Crippen LogP contribution in [0.5, 0.6) is 0 Å². The van der Waals surface area contributed by atoms with Crippen molar-refractivity contribution in [2.75, 3.05) is 19.8 Å². The van der Waals surface area contributed by atoms with E-state index in [2.05, 4.69) is 16.0 Å². The van der Waals surface area contributed by atoms with Crippen molar-refractivity contribution >= 4 is 19.8 Å². The van der Waals surface area contributed by atoms with Gasteiger partial charge in [-0.25, -0.2) is 4.57 Å². The lowest BCUT2D eigenvalue weighted by Crippen LogP contribution is -2.34. The monoisotopic (exact) mass is 495 g/mol. The molecule has 4 N–H and O–H groups in total. The molecule has 0 radical (unpaired) electrons. The highest BCUT2D eigenvalue weighted by Crippen LogP contribution is 2.42. The summed E-state index contributed by atoms with van der Waals surface area (Å²) in [6.07, 6.45) is 19.1. The van der Waals surface area contributed by atoms with Gasteiger partial charge in [0.05, 0.1) is 13.2 Å². The molecule has 0 heterocycles. The lowest BCUT2D eigenvalue weighted by molar-refractivity contribution is -0.145. The molecule has 0 saturated heterocycles. The maximum absolute atomic E-state index is 11.7. The van der Waals surface area contributed by atoms with Gasteiger partial charge >= 0.3 is 19.8 Å². The van der Waals surface area contributed by atoms with Gasteiger partial charge in [-0.15, -0.1) is 0 Å². The fourth-order valence-corrected chi connectivity index (χ4v) is 4.03. The first-order chi connectivity index (χ1) is 15.8. The average Bonchev–Trinajstić information content (AvgIpc) is 2.77. The predicted molar refractivity (Wildman–Crippen MR) is 128 cm³/mol. The van der Waals surface area contributed by atoms with Crippen LogP contribution < -0.4 is 5.73 Å². The molecule has 0 aromatic rings. The summed E-state index contributed by atoms with van der Waals surface area (Å²) in [5.74, 6) is -1.74. The van der Waals surface area contributed by atoms with Crippen LogP contribution in [-0.2, 0) is 27.9 Å². The minimum absolute atomic E-state index is 0.184. The van der Waals surface area contributed by atoms with Crippen molar-refractivity contribution in [2.24, 2.45) is 5.73 Å². The van der Waals surface area contributed by atoms with Crippen molar-refractivity contribution in [3.63, 3.8) is 0 Å². The van der Waals surface area contributed by atoms with E-state index in [1.807, 2.05) is 0 Å². The van der Waals surface area contributed by atoms with Gasteiger partial charge in [-0.1, -0.05) is 96.8 Å². The van der Waals surface area contributed by atoms with E-state index in [1.165, 1.54) is 77.0 Å². The SMILES string of the molecule is CCCCCCCCCCCCCCCCCC(=O)OCCOP(=O)(O)OC[C@H](N)C(=O)O. The third-order valence-electron chi connectivity index (χ3n) is 5.32. The zero-order valence-corrected chi connectivity index (χ0v) is 21.3. The summed E-state index contributed by atoms with van der Waals surface area (Å²) in [4.78, 5) is 31.6. The van der Waals surface area contributed by atoms with Crippen LogP contribution >= 0.6 is 7.82 Å². The van der Waals surface area contributed by atoms with Gasteiger partial charge in [0.15, 0.2) is 0 Å². The van der Waals surface area contributed by atoms with Crippen LogP contribution in [0.1, 0.15) is 110 Å². The summed E-state index contributed by atoms with van der Waals surface area (Å²) >= 11 is 0. The van der Waals surface area contributed by atoms with Gasteiger partial charge in [-0.05, 0) is 6.42 Å². The molecule has 0 aliphatic carbocycles. The number of phosphoric acid groups is 1. The fourth-order valence-electron chi connectivity index (χ4n) is 3.30. The Morgan fingerprint density at radius 1 is 0.788 bits per heavy atom. The molecule has 10 heteroatoms. The Balaban J connectivity index is 3.43. The van der Waals surface area contributed by atoms with Crippen LogP contribution in [-0.4, -0.2) is 47.8 Å². The fraction of sp³-hybridized carbons (Fsp3) is 0.913. The number of unbranched alkanes of at least 4 members (excludes halogenated alkanes) is 14. The molecule has 0 amide bonds. The lowest BCUT2D eigenvalue weighted by Gasteiger charge is -2.13.